The van der Waals surface area contributed by atoms with Crippen molar-refractivity contribution in [2.45, 2.75) is 38.5 Å². The SMILES string of the molecule is C=CCCCCCC([O-])=NCN(CCCO)CC(=O)O.[K+]. The van der Waals surface area contributed by atoms with Crippen molar-refractivity contribution in [2.75, 3.05) is 26.4 Å². The maximum absolute atomic E-state index is 11.5. The van der Waals surface area contributed by atoms with Gasteiger partial charge in [-0.05, 0) is 38.0 Å². The Bertz CT molecular complexity index is 311. The van der Waals surface area contributed by atoms with Crippen LogP contribution in [-0.2, 0) is 4.79 Å². The second kappa shape index (κ2) is 16.6. The van der Waals surface area contributed by atoms with Gasteiger partial charge in [0.25, 0.3) is 0 Å². The van der Waals surface area contributed by atoms with Gasteiger partial charge in [-0.1, -0.05) is 12.5 Å². The predicted octanol–water partition coefficient (Wildman–Crippen LogP) is -2.39. The van der Waals surface area contributed by atoms with Gasteiger partial charge in [0.2, 0.25) is 0 Å². The molecule has 0 bridgehead atoms. The number of unbranched alkanes of at least 4 members (excludes halogenated alkanes) is 3. The summed E-state index contributed by atoms with van der Waals surface area (Å²) in [5.74, 6) is -1.15. The number of hydrogen-bond donors (Lipinski definition) is 2. The van der Waals surface area contributed by atoms with Crippen LogP contribution in [-0.4, -0.2) is 53.3 Å². The quantitative estimate of drug-likeness (QED) is 0.130. The fourth-order valence-electron chi connectivity index (χ4n) is 1.68. The van der Waals surface area contributed by atoms with Crippen LogP contribution >= 0.6 is 0 Å². The zero-order valence-corrected chi connectivity index (χ0v) is 16.1. The molecule has 0 rings (SSSR count). The molecule has 0 radical (unpaired) electrons. The standard InChI is InChI=1S/C14H26N2O4.K/c1-2-3-4-5-6-8-13(18)15-12-16(9-7-10-17)11-14(19)20;/h2,17H,1,3-12H2,(H,15,18)(H,19,20);/q;+1/p-1. The van der Waals surface area contributed by atoms with Crippen LogP contribution in [0.2, 0.25) is 0 Å². The summed E-state index contributed by atoms with van der Waals surface area (Å²) in [6.07, 6.45) is 6.48. The van der Waals surface area contributed by atoms with E-state index >= 15 is 0 Å². The van der Waals surface area contributed by atoms with Gasteiger partial charge in [0.05, 0.1) is 13.2 Å². The van der Waals surface area contributed by atoms with Crippen molar-refractivity contribution in [3.05, 3.63) is 12.7 Å². The van der Waals surface area contributed by atoms with Crippen molar-refractivity contribution in [3.8, 4) is 0 Å². The molecule has 0 heterocycles. The molecule has 0 amide bonds. The molecule has 0 fully saturated rings. The molecule has 0 aliphatic rings. The summed E-state index contributed by atoms with van der Waals surface area (Å²) in [5.41, 5.74) is 0. The second-order valence-electron chi connectivity index (χ2n) is 4.60. The van der Waals surface area contributed by atoms with Crippen molar-refractivity contribution in [3.63, 3.8) is 0 Å². The topological polar surface area (TPSA) is 96.2 Å². The minimum Gasteiger partial charge on any atom is -0.862 e. The number of carboxylic acid groups (broad SMARTS) is 1. The van der Waals surface area contributed by atoms with E-state index in [1.807, 2.05) is 6.08 Å². The van der Waals surface area contributed by atoms with Gasteiger partial charge in [-0.25, -0.2) is 0 Å². The van der Waals surface area contributed by atoms with Crippen LogP contribution in [0.15, 0.2) is 17.6 Å². The summed E-state index contributed by atoms with van der Waals surface area (Å²) in [6.45, 7) is 3.95. The molecule has 2 N–H and O–H groups in total. The minimum atomic E-state index is -0.963. The molecule has 0 saturated carbocycles. The molecule has 0 aromatic rings. The number of aliphatic hydroxyl groups is 1. The van der Waals surface area contributed by atoms with Crippen LogP contribution in [0, 0.1) is 0 Å². The van der Waals surface area contributed by atoms with Crippen LogP contribution in [0.3, 0.4) is 0 Å². The van der Waals surface area contributed by atoms with E-state index in [1.165, 1.54) is 4.90 Å². The molecule has 0 spiro atoms. The number of carbonyl (C=O) groups is 1. The van der Waals surface area contributed by atoms with Gasteiger partial charge in [0, 0.05) is 13.2 Å². The number of carboxylic acids is 1. The summed E-state index contributed by atoms with van der Waals surface area (Å²) in [4.78, 5) is 16.1. The van der Waals surface area contributed by atoms with Crippen LogP contribution in [0.1, 0.15) is 38.5 Å². The number of aliphatic hydroxyl groups excluding tert-OH is 1. The van der Waals surface area contributed by atoms with Crippen molar-refractivity contribution >= 4 is 11.9 Å². The van der Waals surface area contributed by atoms with E-state index in [1.54, 1.807) is 0 Å². The summed E-state index contributed by atoms with van der Waals surface area (Å²) in [7, 11) is 0. The Labute approximate surface area is 169 Å². The maximum atomic E-state index is 11.5. The number of rotatable bonds is 13. The molecule has 0 aromatic carbocycles. The van der Waals surface area contributed by atoms with Crippen molar-refractivity contribution in [1.29, 1.82) is 0 Å². The summed E-state index contributed by atoms with van der Waals surface area (Å²) < 4.78 is 0. The fraction of sp³-hybridized carbons (Fsp3) is 0.714. The van der Waals surface area contributed by atoms with Crippen molar-refractivity contribution < 1.29 is 71.5 Å². The van der Waals surface area contributed by atoms with E-state index in [9.17, 15) is 9.90 Å². The van der Waals surface area contributed by atoms with Crippen molar-refractivity contribution in [1.82, 2.24) is 4.90 Å². The Morgan fingerprint density at radius 1 is 1.29 bits per heavy atom. The van der Waals surface area contributed by atoms with Crippen molar-refractivity contribution in [2.24, 2.45) is 4.99 Å². The molecule has 21 heavy (non-hydrogen) atoms. The van der Waals surface area contributed by atoms with Gasteiger partial charge in [-0.2, -0.15) is 0 Å². The van der Waals surface area contributed by atoms with Gasteiger partial charge in [-0.3, -0.25) is 14.7 Å². The zero-order chi connectivity index (χ0) is 15.2. The smallest absolute Gasteiger partial charge is 0.862 e. The normalized spacial score (nSPS) is 11.2. The third-order valence-corrected chi connectivity index (χ3v) is 2.74. The van der Waals surface area contributed by atoms with Crippen LogP contribution < -0.4 is 56.5 Å². The van der Waals surface area contributed by atoms with Crippen LogP contribution in [0.25, 0.3) is 0 Å². The van der Waals surface area contributed by atoms with Gasteiger partial charge in [0.1, 0.15) is 0 Å². The first-order valence-corrected chi connectivity index (χ1v) is 6.96. The van der Waals surface area contributed by atoms with Gasteiger partial charge in [-0.15, -0.1) is 6.58 Å². The number of aliphatic imine (C=N–C) groups is 1. The first-order valence-electron chi connectivity index (χ1n) is 6.96. The number of aliphatic carboxylic acids is 1. The predicted molar refractivity (Wildman–Crippen MR) is 76.5 cm³/mol. The van der Waals surface area contributed by atoms with Gasteiger partial charge >= 0.3 is 57.4 Å². The van der Waals surface area contributed by atoms with E-state index in [0.717, 1.165) is 25.7 Å². The molecule has 0 aliphatic heterocycles. The molecule has 6 nitrogen and oxygen atoms in total. The monoisotopic (exact) mass is 324 g/mol. The van der Waals surface area contributed by atoms with E-state index in [2.05, 4.69) is 11.6 Å². The van der Waals surface area contributed by atoms with Crippen LogP contribution in [0.5, 0.6) is 0 Å². The first kappa shape index (κ1) is 23.5. The molecular formula is C14H25KN2O4. The number of hydrogen-bond acceptors (Lipinski definition) is 5. The van der Waals surface area contributed by atoms with Gasteiger partial charge in [0.15, 0.2) is 0 Å². The largest absolute Gasteiger partial charge is 1.00 e. The summed E-state index contributed by atoms with van der Waals surface area (Å²) in [5, 5.41) is 29.0. The maximum Gasteiger partial charge on any atom is 1.00 e. The Balaban J connectivity index is 0. The van der Waals surface area contributed by atoms with E-state index < -0.39 is 5.97 Å². The van der Waals surface area contributed by atoms with Gasteiger partial charge < -0.3 is 15.3 Å². The number of nitrogens with zero attached hydrogens (tertiary/aromatic N) is 2. The molecule has 0 saturated heterocycles. The molecule has 0 atom stereocenters. The Morgan fingerprint density at radius 3 is 2.57 bits per heavy atom. The first-order chi connectivity index (χ1) is 9.60. The third kappa shape index (κ3) is 16.4. The summed E-state index contributed by atoms with van der Waals surface area (Å²) >= 11 is 0. The van der Waals surface area contributed by atoms with E-state index in [-0.39, 0.29) is 77.1 Å². The van der Waals surface area contributed by atoms with E-state index in [0.29, 0.717) is 19.4 Å². The molecule has 0 aliphatic carbocycles. The number of allylic oxidation sites excluding steroid dienone is 1. The molecule has 0 aromatic heterocycles. The Kier molecular flexibility index (Phi) is 18.6. The molecular weight excluding hydrogens is 299 g/mol. The van der Waals surface area contributed by atoms with E-state index in [4.69, 9.17) is 10.2 Å². The average molecular weight is 324 g/mol. The molecule has 0 unspecified atom stereocenters. The average Bonchev–Trinajstić information content (AvgIpc) is 2.41. The minimum absolute atomic E-state index is 0. The van der Waals surface area contributed by atoms with Crippen LogP contribution in [0.4, 0.5) is 0 Å². The fourth-order valence-corrected chi connectivity index (χ4v) is 1.68. The Hall–Kier alpha value is 0.236. The Morgan fingerprint density at radius 2 is 2.00 bits per heavy atom. The molecule has 7 heteroatoms. The summed E-state index contributed by atoms with van der Waals surface area (Å²) in [6, 6.07) is 0. The second-order valence-corrected chi connectivity index (χ2v) is 4.60. The zero-order valence-electron chi connectivity index (χ0n) is 13.0. The molecule has 116 valence electrons. The third-order valence-electron chi connectivity index (χ3n) is 2.74.